The molecule has 1 heterocycles. The molecule has 17 heavy (non-hydrogen) atoms. The lowest BCUT2D eigenvalue weighted by molar-refractivity contribution is 0.578. The topological polar surface area (TPSA) is 17.8 Å². The molecule has 0 spiro atoms. The summed E-state index contributed by atoms with van der Waals surface area (Å²) in [5.74, 6) is -0.211. The number of nitrogens with zero attached hydrogens (tertiary/aromatic N) is 2. The van der Waals surface area contributed by atoms with E-state index < -0.39 is 0 Å². The van der Waals surface area contributed by atoms with Crippen LogP contribution >= 0.6 is 31.9 Å². The van der Waals surface area contributed by atoms with E-state index in [1.807, 2.05) is 13.8 Å². The van der Waals surface area contributed by atoms with Crippen molar-refractivity contribution < 1.29 is 4.39 Å². The van der Waals surface area contributed by atoms with E-state index in [1.165, 1.54) is 6.07 Å². The minimum atomic E-state index is -0.211. The van der Waals surface area contributed by atoms with Gasteiger partial charge in [-0.2, -0.15) is 5.10 Å². The second-order valence-electron chi connectivity index (χ2n) is 3.88. The number of benzene rings is 1. The summed E-state index contributed by atoms with van der Waals surface area (Å²) in [4.78, 5) is 0. The van der Waals surface area contributed by atoms with Gasteiger partial charge in [0, 0.05) is 10.0 Å². The molecule has 0 N–H and O–H groups in total. The maximum Gasteiger partial charge on any atom is 0.128 e. The van der Waals surface area contributed by atoms with Gasteiger partial charge in [-0.1, -0.05) is 15.9 Å². The molecule has 0 radical (unpaired) electrons. The summed E-state index contributed by atoms with van der Waals surface area (Å²) in [6.07, 6.45) is 0. The van der Waals surface area contributed by atoms with Gasteiger partial charge >= 0.3 is 0 Å². The van der Waals surface area contributed by atoms with Crippen molar-refractivity contribution in [3.05, 3.63) is 49.9 Å². The molecule has 0 saturated carbocycles. The normalized spacial score (nSPS) is 10.9. The Labute approximate surface area is 116 Å². The molecule has 0 saturated heterocycles. The van der Waals surface area contributed by atoms with Gasteiger partial charge in [-0.3, -0.25) is 4.68 Å². The van der Waals surface area contributed by atoms with E-state index in [1.54, 1.807) is 16.8 Å². The van der Waals surface area contributed by atoms with Crippen LogP contribution in [-0.4, -0.2) is 9.78 Å². The van der Waals surface area contributed by atoms with Gasteiger partial charge in [-0.05, 0) is 48.0 Å². The van der Waals surface area contributed by atoms with Crippen LogP contribution in [0.1, 0.15) is 17.0 Å². The maximum atomic E-state index is 13.6. The SMILES string of the molecule is Cc1nn(Cc2cc(Br)ccc2F)c(C)c1Br. The minimum absolute atomic E-state index is 0.211. The van der Waals surface area contributed by atoms with Gasteiger partial charge in [0.25, 0.3) is 0 Å². The van der Waals surface area contributed by atoms with Crippen molar-refractivity contribution >= 4 is 31.9 Å². The quantitative estimate of drug-likeness (QED) is 0.783. The highest BCUT2D eigenvalue weighted by atomic mass is 79.9. The molecule has 2 aromatic rings. The van der Waals surface area contributed by atoms with Gasteiger partial charge in [0.2, 0.25) is 0 Å². The highest BCUT2D eigenvalue weighted by molar-refractivity contribution is 9.10. The van der Waals surface area contributed by atoms with Crippen molar-refractivity contribution in [2.75, 3.05) is 0 Å². The van der Waals surface area contributed by atoms with Gasteiger partial charge in [0.1, 0.15) is 5.82 Å². The van der Waals surface area contributed by atoms with Crippen LogP contribution in [0.15, 0.2) is 27.1 Å². The van der Waals surface area contributed by atoms with E-state index in [-0.39, 0.29) is 5.82 Å². The molecule has 0 amide bonds. The smallest absolute Gasteiger partial charge is 0.128 e. The molecule has 90 valence electrons. The predicted octanol–water partition coefficient (Wildman–Crippen LogP) is 4.21. The van der Waals surface area contributed by atoms with Crippen LogP contribution < -0.4 is 0 Å². The monoisotopic (exact) mass is 360 g/mol. The van der Waals surface area contributed by atoms with Crippen LogP contribution in [0.4, 0.5) is 4.39 Å². The van der Waals surface area contributed by atoms with Crippen molar-refractivity contribution in [2.24, 2.45) is 0 Å². The van der Waals surface area contributed by atoms with Gasteiger partial charge in [-0.25, -0.2) is 4.39 Å². The third-order valence-corrected chi connectivity index (χ3v) is 4.26. The first-order valence-electron chi connectivity index (χ1n) is 5.12. The number of rotatable bonds is 2. The van der Waals surface area contributed by atoms with Crippen molar-refractivity contribution in [3.8, 4) is 0 Å². The first-order chi connectivity index (χ1) is 7.99. The zero-order valence-electron chi connectivity index (χ0n) is 9.47. The van der Waals surface area contributed by atoms with Gasteiger partial charge < -0.3 is 0 Å². The van der Waals surface area contributed by atoms with E-state index in [4.69, 9.17) is 0 Å². The fourth-order valence-electron chi connectivity index (χ4n) is 1.65. The van der Waals surface area contributed by atoms with E-state index in [0.29, 0.717) is 12.1 Å². The number of hydrogen-bond donors (Lipinski definition) is 0. The summed E-state index contributed by atoms with van der Waals surface area (Å²) in [5, 5.41) is 4.36. The molecular weight excluding hydrogens is 351 g/mol. The molecule has 1 aromatic heterocycles. The van der Waals surface area contributed by atoms with Crippen molar-refractivity contribution in [1.29, 1.82) is 0 Å². The van der Waals surface area contributed by atoms with Gasteiger partial charge in [0.05, 0.1) is 22.4 Å². The molecule has 2 nitrogen and oxygen atoms in total. The van der Waals surface area contributed by atoms with Crippen LogP contribution in [0, 0.1) is 19.7 Å². The van der Waals surface area contributed by atoms with Crippen molar-refractivity contribution in [2.45, 2.75) is 20.4 Å². The molecule has 1 aromatic carbocycles. The average Bonchev–Trinajstić information content (AvgIpc) is 2.52. The third-order valence-electron chi connectivity index (χ3n) is 2.62. The Morgan fingerprint density at radius 2 is 2.00 bits per heavy atom. The summed E-state index contributed by atoms with van der Waals surface area (Å²) in [6, 6.07) is 4.93. The third kappa shape index (κ3) is 2.60. The van der Waals surface area contributed by atoms with Crippen LogP contribution in [0.2, 0.25) is 0 Å². The Balaban J connectivity index is 2.37. The van der Waals surface area contributed by atoms with Crippen molar-refractivity contribution in [1.82, 2.24) is 9.78 Å². The fraction of sp³-hybridized carbons (Fsp3) is 0.250. The van der Waals surface area contributed by atoms with Gasteiger partial charge in [0.15, 0.2) is 0 Å². The van der Waals surface area contributed by atoms with Gasteiger partial charge in [-0.15, -0.1) is 0 Å². The highest BCUT2D eigenvalue weighted by Crippen LogP contribution is 2.22. The minimum Gasteiger partial charge on any atom is -0.264 e. The number of aryl methyl sites for hydroxylation is 1. The second kappa shape index (κ2) is 4.90. The number of aromatic nitrogens is 2. The molecule has 5 heteroatoms. The average molecular weight is 362 g/mol. The van der Waals surface area contributed by atoms with Crippen LogP contribution in [0.25, 0.3) is 0 Å². The number of hydrogen-bond acceptors (Lipinski definition) is 1. The summed E-state index contributed by atoms with van der Waals surface area (Å²) >= 11 is 6.80. The first kappa shape index (κ1) is 12.8. The zero-order valence-corrected chi connectivity index (χ0v) is 12.6. The lowest BCUT2D eigenvalue weighted by atomic mass is 10.2. The van der Waals surface area contributed by atoms with E-state index >= 15 is 0 Å². The maximum absolute atomic E-state index is 13.6. The Bertz CT molecular complexity index is 564. The van der Waals surface area contributed by atoms with Crippen molar-refractivity contribution in [3.63, 3.8) is 0 Å². The Morgan fingerprint density at radius 1 is 1.29 bits per heavy atom. The zero-order chi connectivity index (χ0) is 12.6. The summed E-state index contributed by atoms with van der Waals surface area (Å²) in [6.45, 7) is 4.31. The fourth-order valence-corrected chi connectivity index (χ4v) is 2.35. The summed E-state index contributed by atoms with van der Waals surface area (Å²) in [7, 11) is 0. The molecular formula is C12H11Br2FN2. The highest BCUT2D eigenvalue weighted by Gasteiger charge is 2.11. The Hall–Kier alpha value is -0.680. The van der Waals surface area contributed by atoms with E-state index in [9.17, 15) is 4.39 Å². The number of halogens is 3. The van der Waals surface area contributed by atoms with E-state index in [0.717, 1.165) is 20.3 Å². The molecule has 0 aliphatic heterocycles. The first-order valence-corrected chi connectivity index (χ1v) is 6.71. The molecule has 0 aliphatic rings. The molecule has 0 aliphatic carbocycles. The molecule has 0 atom stereocenters. The Kier molecular flexibility index (Phi) is 3.68. The molecule has 2 rings (SSSR count). The van der Waals surface area contributed by atoms with Crippen LogP contribution in [0.3, 0.4) is 0 Å². The Morgan fingerprint density at radius 3 is 2.59 bits per heavy atom. The second-order valence-corrected chi connectivity index (χ2v) is 5.59. The molecule has 0 bridgehead atoms. The molecule has 0 unspecified atom stereocenters. The summed E-state index contributed by atoms with van der Waals surface area (Å²) in [5.41, 5.74) is 2.54. The van der Waals surface area contributed by atoms with E-state index in [2.05, 4.69) is 37.0 Å². The lowest BCUT2D eigenvalue weighted by Crippen LogP contribution is -2.05. The lowest BCUT2D eigenvalue weighted by Gasteiger charge is -2.06. The summed E-state index contributed by atoms with van der Waals surface area (Å²) < 4.78 is 17.3. The largest absolute Gasteiger partial charge is 0.264 e. The predicted molar refractivity (Wildman–Crippen MR) is 72.6 cm³/mol. The van der Waals surface area contributed by atoms with Crippen LogP contribution in [0.5, 0.6) is 0 Å². The standard InChI is InChI=1S/C12H11Br2FN2/c1-7-12(14)8(2)17(16-7)6-9-5-10(13)3-4-11(9)15/h3-5H,6H2,1-2H3. The molecule has 0 fully saturated rings. The van der Waals surface area contributed by atoms with Crippen LogP contribution in [-0.2, 0) is 6.54 Å².